The van der Waals surface area contributed by atoms with Crippen molar-refractivity contribution >= 4 is 29.2 Å². The van der Waals surface area contributed by atoms with Crippen molar-refractivity contribution in [2.45, 2.75) is 59.0 Å². The Hall–Kier alpha value is -2.28. The molecule has 0 spiro atoms. The Morgan fingerprint density at radius 1 is 1.30 bits per heavy atom. The molecule has 1 aliphatic rings. The lowest BCUT2D eigenvalue weighted by atomic mass is 9.83. The highest BCUT2D eigenvalue weighted by Gasteiger charge is 2.34. The average Bonchev–Trinajstić information content (AvgIpc) is 2.98. The van der Waals surface area contributed by atoms with E-state index in [1.165, 1.54) is 0 Å². The molecule has 7 nitrogen and oxygen atoms in total. The molecule has 30 heavy (non-hydrogen) atoms. The first-order valence-electron chi connectivity index (χ1n) is 10.4. The van der Waals surface area contributed by atoms with Crippen LogP contribution in [0.4, 0.5) is 4.79 Å². The minimum Gasteiger partial charge on any atom is -0.462 e. The summed E-state index contributed by atoms with van der Waals surface area (Å²) in [5, 5.41) is 4.84. The van der Waals surface area contributed by atoms with Crippen LogP contribution < -0.4 is 0 Å². The van der Waals surface area contributed by atoms with Gasteiger partial charge in [-0.2, -0.15) is 5.10 Å². The predicted molar refractivity (Wildman–Crippen MR) is 115 cm³/mol. The summed E-state index contributed by atoms with van der Waals surface area (Å²) in [5.41, 5.74) is 1.31. The summed E-state index contributed by atoms with van der Waals surface area (Å²) in [4.78, 5) is 26.6. The minimum absolute atomic E-state index is 0.0591. The van der Waals surface area contributed by atoms with Crippen LogP contribution in [0.1, 0.15) is 69.4 Å². The lowest BCUT2D eigenvalue weighted by Crippen LogP contribution is -2.42. The highest BCUT2D eigenvalue weighted by Crippen LogP contribution is 2.39. The topological polar surface area (TPSA) is 73.1 Å². The highest BCUT2D eigenvalue weighted by molar-refractivity contribution is 6.35. The van der Waals surface area contributed by atoms with Crippen LogP contribution in [0, 0.1) is 5.92 Å². The number of aromatic nitrogens is 2. The number of amides is 1. The standard InChI is InChI=1S/C22H30ClN3O4/c1-6-29-20(27)17-16-8-7-11-24-26(16)19(18(17)23)14(2)15-9-12-25(13-10-15)21(28)30-22(3,4)5/h7-8,11,14-15H,6,9-10,12-13H2,1-5H3. The second kappa shape index (κ2) is 8.84. The summed E-state index contributed by atoms with van der Waals surface area (Å²) in [6.45, 7) is 11.0. The summed E-state index contributed by atoms with van der Waals surface area (Å²) < 4.78 is 12.4. The number of nitrogens with zero attached hydrogens (tertiary/aromatic N) is 3. The van der Waals surface area contributed by atoms with Crippen LogP contribution >= 0.6 is 11.6 Å². The molecule has 0 radical (unpaired) electrons. The van der Waals surface area contributed by atoms with Crippen molar-refractivity contribution in [2.75, 3.05) is 19.7 Å². The summed E-state index contributed by atoms with van der Waals surface area (Å²) in [6.07, 6.45) is 3.06. The third kappa shape index (κ3) is 4.56. The lowest BCUT2D eigenvalue weighted by molar-refractivity contribution is 0.0175. The molecular formula is C22H30ClN3O4. The number of hydrogen-bond donors (Lipinski definition) is 0. The number of ether oxygens (including phenoxy) is 2. The Morgan fingerprint density at radius 3 is 2.57 bits per heavy atom. The van der Waals surface area contributed by atoms with E-state index in [1.807, 2.05) is 26.8 Å². The first-order valence-corrected chi connectivity index (χ1v) is 10.8. The van der Waals surface area contributed by atoms with E-state index in [0.29, 0.717) is 35.1 Å². The number of carbonyl (C=O) groups excluding carboxylic acids is 2. The van der Waals surface area contributed by atoms with Crippen LogP contribution in [0.25, 0.3) is 5.52 Å². The minimum atomic E-state index is -0.505. The molecule has 1 amide bonds. The van der Waals surface area contributed by atoms with Crippen LogP contribution in [0.5, 0.6) is 0 Å². The van der Waals surface area contributed by atoms with Crippen LogP contribution in [-0.4, -0.2) is 51.9 Å². The molecule has 1 unspecified atom stereocenters. The molecule has 1 aliphatic heterocycles. The van der Waals surface area contributed by atoms with E-state index in [9.17, 15) is 9.59 Å². The number of hydrogen-bond acceptors (Lipinski definition) is 5. The fourth-order valence-corrected chi connectivity index (χ4v) is 4.43. The molecule has 1 fully saturated rings. The van der Waals surface area contributed by atoms with Gasteiger partial charge in [0, 0.05) is 25.2 Å². The third-order valence-corrected chi connectivity index (χ3v) is 5.87. The number of likely N-dealkylation sites (tertiary alicyclic amines) is 1. The van der Waals surface area contributed by atoms with Crippen LogP contribution in [0.15, 0.2) is 18.3 Å². The third-order valence-electron chi connectivity index (χ3n) is 5.49. The largest absolute Gasteiger partial charge is 0.462 e. The number of piperidine rings is 1. The Labute approximate surface area is 182 Å². The van der Waals surface area contributed by atoms with Crippen molar-refractivity contribution < 1.29 is 19.1 Å². The van der Waals surface area contributed by atoms with Gasteiger partial charge in [0.05, 0.1) is 22.8 Å². The van der Waals surface area contributed by atoms with Crippen molar-refractivity contribution in [3.8, 4) is 0 Å². The fraction of sp³-hybridized carbons (Fsp3) is 0.591. The van der Waals surface area contributed by atoms with Crippen molar-refractivity contribution in [1.29, 1.82) is 0 Å². The zero-order valence-electron chi connectivity index (χ0n) is 18.3. The monoisotopic (exact) mass is 435 g/mol. The summed E-state index contributed by atoms with van der Waals surface area (Å²) in [7, 11) is 0. The van der Waals surface area contributed by atoms with Crippen molar-refractivity contribution in [3.05, 3.63) is 34.6 Å². The van der Waals surface area contributed by atoms with E-state index in [0.717, 1.165) is 18.5 Å². The van der Waals surface area contributed by atoms with Gasteiger partial charge in [-0.3, -0.25) is 0 Å². The molecule has 0 bridgehead atoms. The normalized spacial score (nSPS) is 16.5. The molecule has 0 saturated carbocycles. The molecule has 0 aromatic carbocycles. The van der Waals surface area contributed by atoms with E-state index in [1.54, 1.807) is 28.6 Å². The first-order chi connectivity index (χ1) is 14.1. The van der Waals surface area contributed by atoms with Crippen LogP contribution in [-0.2, 0) is 9.47 Å². The molecule has 1 atom stereocenters. The maximum atomic E-state index is 12.5. The molecule has 3 rings (SSSR count). The van der Waals surface area contributed by atoms with Crippen LogP contribution in [0.2, 0.25) is 5.02 Å². The fourth-order valence-electron chi connectivity index (χ4n) is 4.01. The lowest BCUT2D eigenvalue weighted by Gasteiger charge is -2.35. The van der Waals surface area contributed by atoms with Crippen molar-refractivity contribution in [3.63, 3.8) is 0 Å². The van der Waals surface area contributed by atoms with E-state index in [4.69, 9.17) is 21.1 Å². The van der Waals surface area contributed by atoms with Crippen LogP contribution in [0.3, 0.4) is 0 Å². The molecule has 164 valence electrons. The number of halogens is 1. The molecule has 0 N–H and O–H groups in total. The van der Waals surface area contributed by atoms with Crippen molar-refractivity contribution in [1.82, 2.24) is 14.5 Å². The molecule has 2 aromatic heterocycles. The van der Waals surface area contributed by atoms with Gasteiger partial charge in [0.25, 0.3) is 0 Å². The number of carbonyl (C=O) groups is 2. The molecular weight excluding hydrogens is 406 g/mol. The Bertz CT molecular complexity index is 926. The Morgan fingerprint density at radius 2 is 1.97 bits per heavy atom. The van der Waals surface area contributed by atoms with E-state index in [-0.39, 0.29) is 18.6 Å². The summed E-state index contributed by atoms with van der Waals surface area (Å²) in [6, 6.07) is 3.61. The zero-order chi connectivity index (χ0) is 22.1. The van der Waals surface area contributed by atoms with Gasteiger partial charge in [0.1, 0.15) is 11.2 Å². The van der Waals surface area contributed by atoms with E-state index < -0.39 is 11.6 Å². The maximum Gasteiger partial charge on any atom is 0.410 e. The summed E-state index contributed by atoms with van der Waals surface area (Å²) >= 11 is 6.70. The average molecular weight is 436 g/mol. The van der Waals surface area contributed by atoms with Gasteiger partial charge in [-0.05, 0) is 58.6 Å². The van der Waals surface area contributed by atoms with Gasteiger partial charge in [0.15, 0.2) is 0 Å². The van der Waals surface area contributed by atoms with Crippen molar-refractivity contribution in [2.24, 2.45) is 5.92 Å². The van der Waals surface area contributed by atoms with Gasteiger partial charge < -0.3 is 14.4 Å². The zero-order valence-corrected chi connectivity index (χ0v) is 19.0. The quantitative estimate of drug-likeness (QED) is 0.637. The molecule has 1 saturated heterocycles. The highest BCUT2D eigenvalue weighted by atomic mass is 35.5. The SMILES string of the molecule is CCOC(=O)c1c(Cl)c(C(C)C2CCN(C(=O)OC(C)(C)C)CC2)n2ncccc12. The van der Waals surface area contributed by atoms with Gasteiger partial charge >= 0.3 is 12.1 Å². The second-order valence-corrected chi connectivity index (χ2v) is 9.09. The predicted octanol–water partition coefficient (Wildman–Crippen LogP) is 4.92. The molecule has 8 heteroatoms. The summed E-state index contributed by atoms with van der Waals surface area (Å²) in [5.74, 6) is -0.0774. The van der Waals surface area contributed by atoms with Gasteiger partial charge in [-0.25, -0.2) is 14.1 Å². The molecule has 2 aromatic rings. The molecule has 0 aliphatic carbocycles. The second-order valence-electron chi connectivity index (χ2n) is 8.71. The van der Waals surface area contributed by atoms with E-state index in [2.05, 4.69) is 12.0 Å². The Kier molecular flexibility index (Phi) is 6.60. The maximum absolute atomic E-state index is 12.5. The number of esters is 1. The number of fused-ring (bicyclic) bond motifs is 1. The number of rotatable bonds is 4. The first kappa shape index (κ1) is 22.4. The van der Waals surface area contributed by atoms with Gasteiger partial charge in [-0.15, -0.1) is 0 Å². The van der Waals surface area contributed by atoms with Gasteiger partial charge in [-0.1, -0.05) is 18.5 Å². The molecule has 3 heterocycles. The van der Waals surface area contributed by atoms with E-state index >= 15 is 0 Å². The van der Waals surface area contributed by atoms with Gasteiger partial charge in [0.2, 0.25) is 0 Å². The smallest absolute Gasteiger partial charge is 0.410 e. The Balaban J connectivity index is 1.81.